The minimum absolute atomic E-state index is 0.0717. The van der Waals surface area contributed by atoms with Gasteiger partial charge in [-0.3, -0.25) is 4.79 Å². The molecule has 0 bridgehead atoms. The van der Waals surface area contributed by atoms with Crippen molar-refractivity contribution in [1.82, 2.24) is 9.80 Å². The van der Waals surface area contributed by atoms with Crippen LogP contribution >= 0.6 is 0 Å². The normalized spacial score (nSPS) is 10.1. The average molecular weight is 186 g/mol. The Labute approximate surface area is 77.2 Å². The van der Waals surface area contributed by atoms with Gasteiger partial charge in [-0.05, 0) is 0 Å². The van der Waals surface area contributed by atoms with Gasteiger partial charge in [0.2, 0.25) is 5.91 Å². The fraction of sp³-hybridized carbons (Fsp3) is 0.500. The lowest BCUT2D eigenvalue weighted by Gasteiger charge is -2.16. The Balaban J connectivity index is 3.94. The SMILES string of the molecule is CN(C=CC(=O)O)CC(=O)N(C)C. The van der Waals surface area contributed by atoms with Gasteiger partial charge in [0.15, 0.2) is 0 Å². The number of carboxylic acids is 1. The number of aliphatic carboxylic acids is 1. The molecule has 5 nitrogen and oxygen atoms in total. The van der Waals surface area contributed by atoms with E-state index in [-0.39, 0.29) is 12.5 Å². The maximum atomic E-state index is 11.1. The third kappa shape index (κ3) is 5.72. The summed E-state index contributed by atoms with van der Waals surface area (Å²) in [5, 5.41) is 8.30. The summed E-state index contributed by atoms with van der Waals surface area (Å²) >= 11 is 0. The lowest BCUT2D eigenvalue weighted by Crippen LogP contribution is -2.31. The third-order valence-electron chi connectivity index (χ3n) is 1.36. The number of carbonyl (C=O) groups excluding carboxylic acids is 1. The van der Waals surface area contributed by atoms with Gasteiger partial charge in [-0.15, -0.1) is 0 Å². The molecular formula is C8H14N2O3. The molecule has 13 heavy (non-hydrogen) atoms. The topological polar surface area (TPSA) is 60.9 Å². The van der Waals surface area contributed by atoms with E-state index in [4.69, 9.17) is 5.11 Å². The predicted molar refractivity (Wildman–Crippen MR) is 48.1 cm³/mol. The summed E-state index contributed by atoms with van der Waals surface area (Å²) in [6.45, 7) is 0.177. The summed E-state index contributed by atoms with van der Waals surface area (Å²) in [7, 11) is 4.94. The van der Waals surface area contributed by atoms with Crippen LogP contribution in [0.2, 0.25) is 0 Å². The first-order valence-electron chi connectivity index (χ1n) is 3.75. The van der Waals surface area contributed by atoms with Crippen molar-refractivity contribution in [2.45, 2.75) is 0 Å². The van der Waals surface area contributed by atoms with E-state index in [9.17, 15) is 9.59 Å². The second kappa shape index (κ2) is 5.18. The maximum Gasteiger partial charge on any atom is 0.329 e. The lowest BCUT2D eigenvalue weighted by molar-refractivity contribution is -0.132. The molecule has 0 heterocycles. The highest BCUT2D eigenvalue weighted by molar-refractivity contribution is 5.80. The van der Waals surface area contributed by atoms with Crippen LogP contribution in [0.25, 0.3) is 0 Å². The van der Waals surface area contributed by atoms with E-state index in [0.29, 0.717) is 0 Å². The van der Waals surface area contributed by atoms with Crippen molar-refractivity contribution in [2.75, 3.05) is 27.7 Å². The Hall–Kier alpha value is -1.52. The summed E-state index contributed by atoms with van der Waals surface area (Å²) in [5.74, 6) is -1.10. The van der Waals surface area contributed by atoms with Gasteiger partial charge < -0.3 is 14.9 Å². The Morgan fingerprint density at radius 3 is 2.23 bits per heavy atom. The third-order valence-corrected chi connectivity index (χ3v) is 1.36. The molecule has 0 saturated heterocycles. The van der Waals surface area contributed by atoms with Crippen molar-refractivity contribution >= 4 is 11.9 Å². The monoisotopic (exact) mass is 186 g/mol. The summed E-state index contributed by atoms with van der Waals surface area (Å²) in [6.07, 6.45) is 2.34. The molecule has 0 aliphatic rings. The number of likely N-dealkylation sites (N-methyl/N-ethyl adjacent to an activating group) is 2. The van der Waals surface area contributed by atoms with Crippen LogP contribution in [0.5, 0.6) is 0 Å². The Morgan fingerprint density at radius 1 is 1.31 bits per heavy atom. The molecule has 0 fully saturated rings. The van der Waals surface area contributed by atoms with Crippen molar-refractivity contribution < 1.29 is 14.7 Å². The molecule has 0 saturated carbocycles. The van der Waals surface area contributed by atoms with E-state index in [1.807, 2.05) is 0 Å². The molecule has 0 aliphatic carbocycles. The van der Waals surface area contributed by atoms with Crippen LogP contribution in [0.15, 0.2) is 12.3 Å². The van der Waals surface area contributed by atoms with Crippen LogP contribution in [-0.4, -0.2) is 54.5 Å². The molecule has 0 spiro atoms. The number of amides is 1. The Bertz CT molecular complexity index is 223. The smallest absolute Gasteiger partial charge is 0.329 e. The summed E-state index contributed by atoms with van der Waals surface area (Å²) in [4.78, 5) is 24.2. The first kappa shape index (κ1) is 11.5. The van der Waals surface area contributed by atoms with Gasteiger partial charge in [0.1, 0.15) is 0 Å². The highest BCUT2D eigenvalue weighted by atomic mass is 16.4. The number of nitrogens with zero attached hydrogens (tertiary/aromatic N) is 2. The lowest BCUT2D eigenvalue weighted by atomic mass is 10.5. The molecule has 0 aliphatic heterocycles. The van der Waals surface area contributed by atoms with Gasteiger partial charge in [-0.25, -0.2) is 4.79 Å². The van der Waals surface area contributed by atoms with E-state index >= 15 is 0 Å². The number of carbonyl (C=O) groups is 2. The number of rotatable bonds is 4. The number of carboxylic acid groups (broad SMARTS) is 1. The van der Waals surface area contributed by atoms with E-state index in [1.165, 1.54) is 16.0 Å². The minimum atomic E-state index is -1.02. The van der Waals surface area contributed by atoms with E-state index in [2.05, 4.69) is 0 Å². The molecule has 0 radical (unpaired) electrons. The zero-order chi connectivity index (χ0) is 10.4. The van der Waals surface area contributed by atoms with E-state index < -0.39 is 5.97 Å². The van der Waals surface area contributed by atoms with Crippen molar-refractivity contribution in [2.24, 2.45) is 0 Å². The molecule has 0 unspecified atom stereocenters. The number of hydrogen-bond acceptors (Lipinski definition) is 3. The summed E-state index contributed by atoms with van der Waals surface area (Å²) < 4.78 is 0. The van der Waals surface area contributed by atoms with Crippen LogP contribution < -0.4 is 0 Å². The van der Waals surface area contributed by atoms with Gasteiger partial charge in [-0.1, -0.05) is 0 Å². The molecule has 0 aromatic rings. The highest BCUT2D eigenvalue weighted by Crippen LogP contribution is 1.87. The molecule has 0 rings (SSSR count). The molecular weight excluding hydrogens is 172 g/mol. The first-order chi connectivity index (χ1) is 5.93. The predicted octanol–water partition coefficient (Wildman–Crippen LogP) is -0.395. The minimum Gasteiger partial charge on any atom is -0.478 e. The van der Waals surface area contributed by atoms with Gasteiger partial charge in [0.05, 0.1) is 6.54 Å². The first-order valence-corrected chi connectivity index (χ1v) is 3.75. The second-order valence-corrected chi connectivity index (χ2v) is 2.86. The number of hydrogen-bond donors (Lipinski definition) is 1. The molecule has 0 aromatic heterocycles. The molecule has 0 aromatic carbocycles. The van der Waals surface area contributed by atoms with Gasteiger partial charge in [0.25, 0.3) is 0 Å². The fourth-order valence-electron chi connectivity index (χ4n) is 0.598. The molecule has 0 atom stereocenters. The van der Waals surface area contributed by atoms with Crippen LogP contribution in [-0.2, 0) is 9.59 Å². The Kier molecular flexibility index (Phi) is 4.58. The van der Waals surface area contributed by atoms with E-state index in [0.717, 1.165) is 6.08 Å². The van der Waals surface area contributed by atoms with Crippen molar-refractivity contribution in [1.29, 1.82) is 0 Å². The van der Waals surface area contributed by atoms with Crippen LogP contribution in [0.1, 0.15) is 0 Å². The van der Waals surface area contributed by atoms with Gasteiger partial charge in [-0.2, -0.15) is 0 Å². The fourth-order valence-corrected chi connectivity index (χ4v) is 0.598. The van der Waals surface area contributed by atoms with Crippen molar-refractivity contribution in [3.63, 3.8) is 0 Å². The maximum absolute atomic E-state index is 11.1. The molecule has 74 valence electrons. The second-order valence-electron chi connectivity index (χ2n) is 2.86. The van der Waals surface area contributed by atoms with E-state index in [1.54, 1.807) is 21.1 Å². The van der Waals surface area contributed by atoms with Crippen LogP contribution in [0.3, 0.4) is 0 Å². The average Bonchev–Trinajstić information content (AvgIpc) is 2.00. The van der Waals surface area contributed by atoms with Crippen LogP contribution in [0.4, 0.5) is 0 Å². The zero-order valence-electron chi connectivity index (χ0n) is 8.02. The summed E-state index contributed by atoms with van der Waals surface area (Å²) in [6, 6.07) is 0. The van der Waals surface area contributed by atoms with Crippen molar-refractivity contribution in [3.8, 4) is 0 Å². The molecule has 1 amide bonds. The Morgan fingerprint density at radius 2 is 1.85 bits per heavy atom. The summed E-state index contributed by atoms with van der Waals surface area (Å²) in [5.41, 5.74) is 0. The quantitative estimate of drug-likeness (QED) is 0.607. The highest BCUT2D eigenvalue weighted by Gasteiger charge is 2.04. The van der Waals surface area contributed by atoms with Gasteiger partial charge >= 0.3 is 5.97 Å². The van der Waals surface area contributed by atoms with Crippen molar-refractivity contribution in [3.05, 3.63) is 12.3 Å². The molecule has 5 heteroatoms. The zero-order valence-corrected chi connectivity index (χ0v) is 8.02. The molecule has 1 N–H and O–H groups in total. The largest absolute Gasteiger partial charge is 0.478 e. The van der Waals surface area contributed by atoms with Crippen LogP contribution in [0, 0.1) is 0 Å². The standard InChI is InChI=1S/C8H14N2O3/c1-9(2)7(11)6-10(3)5-4-8(12)13/h4-5H,6H2,1-3H3,(H,12,13). The van der Waals surface area contributed by atoms with Gasteiger partial charge in [0, 0.05) is 33.4 Å².